The van der Waals surface area contributed by atoms with Gasteiger partial charge in [-0.05, 0) is 22.5 Å². The Morgan fingerprint density at radius 2 is 2.33 bits per heavy atom. The molecule has 1 unspecified atom stereocenters. The fourth-order valence-corrected chi connectivity index (χ4v) is 1.65. The molecule has 1 heterocycles. The molecule has 0 aliphatic rings. The zero-order valence-electron chi connectivity index (χ0n) is 7.96. The van der Waals surface area contributed by atoms with Crippen molar-refractivity contribution in [3.05, 3.63) is 46.5 Å². The molecule has 5 nitrogen and oxygen atoms in total. The molecule has 0 amide bonds. The first-order chi connectivity index (χ1) is 7.36. The summed E-state index contributed by atoms with van der Waals surface area (Å²) < 4.78 is 0. The van der Waals surface area contributed by atoms with Crippen molar-refractivity contribution in [2.75, 3.05) is 6.61 Å². The Hall–Kier alpha value is -1.97. The van der Waals surface area contributed by atoms with Crippen molar-refractivity contribution in [2.24, 2.45) is 5.11 Å². The van der Waals surface area contributed by atoms with Gasteiger partial charge in [0.1, 0.15) is 0 Å². The summed E-state index contributed by atoms with van der Waals surface area (Å²) in [5, 5.41) is 13.7. The number of para-hydroxylation sites is 1. The molecule has 0 radical (unpaired) electrons. The molecule has 2 rings (SSSR count). The third-order valence-corrected chi connectivity index (χ3v) is 2.34. The second kappa shape index (κ2) is 4.04. The summed E-state index contributed by atoms with van der Waals surface area (Å²) in [7, 11) is 0. The lowest BCUT2D eigenvalue weighted by molar-refractivity contribution is 0.268. The standard InChI is InChI=1S/C10H10N4O/c11-14-13-9(6-15)8-3-1-2-7-4-5-12-10(7)8/h1-5,9,12,15H,6H2. The minimum Gasteiger partial charge on any atom is -0.396 e. The van der Waals surface area contributed by atoms with E-state index in [-0.39, 0.29) is 6.61 Å². The van der Waals surface area contributed by atoms with Crippen LogP contribution < -0.4 is 0 Å². The molecule has 1 aromatic carbocycles. The number of aromatic amines is 1. The van der Waals surface area contributed by atoms with Crippen LogP contribution in [0.3, 0.4) is 0 Å². The third kappa shape index (κ3) is 1.66. The lowest BCUT2D eigenvalue weighted by Gasteiger charge is -2.08. The molecular formula is C10H10N4O. The van der Waals surface area contributed by atoms with E-state index < -0.39 is 6.04 Å². The molecule has 0 saturated carbocycles. The van der Waals surface area contributed by atoms with Crippen LogP contribution in [0.1, 0.15) is 11.6 Å². The molecule has 0 fully saturated rings. The van der Waals surface area contributed by atoms with Gasteiger partial charge in [-0.1, -0.05) is 23.3 Å². The summed E-state index contributed by atoms with van der Waals surface area (Å²) in [5.74, 6) is 0. The predicted octanol–water partition coefficient (Wildman–Crippen LogP) is 2.51. The molecular weight excluding hydrogens is 192 g/mol. The van der Waals surface area contributed by atoms with Crippen molar-refractivity contribution in [1.82, 2.24) is 4.98 Å². The average Bonchev–Trinajstić information content (AvgIpc) is 2.73. The van der Waals surface area contributed by atoms with Crippen LogP contribution in [0.5, 0.6) is 0 Å². The van der Waals surface area contributed by atoms with E-state index in [0.717, 1.165) is 16.5 Å². The minimum absolute atomic E-state index is 0.192. The number of aromatic nitrogens is 1. The minimum atomic E-state index is -0.530. The van der Waals surface area contributed by atoms with Crippen LogP contribution >= 0.6 is 0 Å². The first-order valence-electron chi connectivity index (χ1n) is 4.58. The quantitative estimate of drug-likeness (QED) is 0.447. The van der Waals surface area contributed by atoms with Crippen molar-refractivity contribution in [1.29, 1.82) is 0 Å². The topological polar surface area (TPSA) is 84.8 Å². The van der Waals surface area contributed by atoms with Crippen molar-refractivity contribution in [3.8, 4) is 0 Å². The zero-order valence-corrected chi connectivity index (χ0v) is 7.96. The van der Waals surface area contributed by atoms with E-state index in [2.05, 4.69) is 15.0 Å². The fraction of sp³-hybridized carbons (Fsp3) is 0.200. The summed E-state index contributed by atoms with van der Waals surface area (Å²) in [5.41, 5.74) is 10.1. The van der Waals surface area contributed by atoms with Gasteiger partial charge >= 0.3 is 0 Å². The van der Waals surface area contributed by atoms with E-state index in [4.69, 9.17) is 10.6 Å². The number of nitrogens with one attached hydrogen (secondary N) is 1. The molecule has 0 bridgehead atoms. The van der Waals surface area contributed by atoms with Gasteiger partial charge in [0, 0.05) is 16.6 Å². The molecule has 0 aliphatic heterocycles. The van der Waals surface area contributed by atoms with Crippen molar-refractivity contribution >= 4 is 10.9 Å². The van der Waals surface area contributed by atoms with Crippen molar-refractivity contribution in [2.45, 2.75) is 6.04 Å². The second-order valence-electron chi connectivity index (χ2n) is 3.19. The maximum atomic E-state index is 9.13. The van der Waals surface area contributed by atoms with E-state index in [1.54, 1.807) is 0 Å². The Labute approximate surface area is 86.0 Å². The van der Waals surface area contributed by atoms with Gasteiger partial charge in [0.05, 0.1) is 12.6 Å². The summed E-state index contributed by atoms with van der Waals surface area (Å²) in [6.45, 7) is -0.192. The molecule has 2 aromatic rings. The first kappa shape index (κ1) is 9.58. The van der Waals surface area contributed by atoms with E-state index in [0.29, 0.717) is 0 Å². The number of hydrogen-bond acceptors (Lipinski definition) is 2. The molecule has 1 atom stereocenters. The normalized spacial score (nSPS) is 12.3. The molecule has 0 saturated heterocycles. The maximum absolute atomic E-state index is 9.13. The number of nitrogens with zero attached hydrogens (tertiary/aromatic N) is 3. The van der Waals surface area contributed by atoms with E-state index >= 15 is 0 Å². The van der Waals surface area contributed by atoms with Crippen LogP contribution in [0.25, 0.3) is 21.3 Å². The van der Waals surface area contributed by atoms with Gasteiger partial charge < -0.3 is 10.1 Å². The van der Waals surface area contributed by atoms with Crippen LogP contribution in [-0.2, 0) is 0 Å². The van der Waals surface area contributed by atoms with E-state index in [9.17, 15) is 0 Å². The average molecular weight is 202 g/mol. The number of aliphatic hydroxyl groups excluding tert-OH is 1. The van der Waals surface area contributed by atoms with Crippen LogP contribution in [0.2, 0.25) is 0 Å². The Morgan fingerprint density at radius 1 is 1.47 bits per heavy atom. The van der Waals surface area contributed by atoms with Gasteiger partial charge in [-0.15, -0.1) is 0 Å². The highest BCUT2D eigenvalue weighted by atomic mass is 16.3. The largest absolute Gasteiger partial charge is 0.396 e. The molecule has 15 heavy (non-hydrogen) atoms. The summed E-state index contributed by atoms with van der Waals surface area (Å²) in [6.07, 6.45) is 1.82. The predicted molar refractivity (Wildman–Crippen MR) is 57.3 cm³/mol. The molecule has 2 N–H and O–H groups in total. The molecule has 5 heteroatoms. The summed E-state index contributed by atoms with van der Waals surface area (Å²) in [6, 6.07) is 7.08. The number of azide groups is 1. The summed E-state index contributed by atoms with van der Waals surface area (Å²) in [4.78, 5) is 5.79. The van der Waals surface area contributed by atoms with Crippen LogP contribution in [0, 0.1) is 0 Å². The number of H-pyrrole nitrogens is 1. The van der Waals surface area contributed by atoms with E-state index in [1.165, 1.54) is 0 Å². The van der Waals surface area contributed by atoms with Gasteiger partial charge in [0.2, 0.25) is 0 Å². The number of aliphatic hydroxyl groups is 1. The van der Waals surface area contributed by atoms with Crippen molar-refractivity contribution < 1.29 is 5.11 Å². The lowest BCUT2D eigenvalue weighted by Crippen LogP contribution is -2.00. The van der Waals surface area contributed by atoms with Crippen molar-refractivity contribution in [3.63, 3.8) is 0 Å². The van der Waals surface area contributed by atoms with Crippen LogP contribution in [0.4, 0.5) is 0 Å². The van der Waals surface area contributed by atoms with Crippen LogP contribution in [0.15, 0.2) is 35.6 Å². The molecule has 76 valence electrons. The smallest absolute Gasteiger partial charge is 0.0876 e. The fourth-order valence-electron chi connectivity index (χ4n) is 1.65. The highest BCUT2D eigenvalue weighted by Crippen LogP contribution is 2.25. The van der Waals surface area contributed by atoms with Gasteiger partial charge in [-0.3, -0.25) is 0 Å². The lowest BCUT2D eigenvalue weighted by atomic mass is 10.1. The Morgan fingerprint density at radius 3 is 3.07 bits per heavy atom. The number of benzene rings is 1. The second-order valence-corrected chi connectivity index (χ2v) is 3.19. The van der Waals surface area contributed by atoms with E-state index in [1.807, 2.05) is 30.5 Å². The zero-order chi connectivity index (χ0) is 10.7. The monoisotopic (exact) mass is 202 g/mol. The number of fused-ring (bicyclic) bond motifs is 1. The van der Waals surface area contributed by atoms with Gasteiger partial charge in [-0.2, -0.15) is 0 Å². The van der Waals surface area contributed by atoms with Gasteiger partial charge in [0.15, 0.2) is 0 Å². The molecule has 1 aromatic heterocycles. The van der Waals surface area contributed by atoms with Crippen LogP contribution in [-0.4, -0.2) is 16.7 Å². The third-order valence-electron chi connectivity index (χ3n) is 2.34. The highest BCUT2D eigenvalue weighted by Gasteiger charge is 2.11. The number of hydrogen-bond donors (Lipinski definition) is 2. The number of rotatable bonds is 3. The van der Waals surface area contributed by atoms with Gasteiger partial charge in [0.25, 0.3) is 0 Å². The Kier molecular flexibility index (Phi) is 2.58. The summed E-state index contributed by atoms with van der Waals surface area (Å²) >= 11 is 0. The Bertz CT molecular complexity index is 513. The highest BCUT2D eigenvalue weighted by molar-refractivity contribution is 5.82. The molecule has 0 spiro atoms. The first-order valence-corrected chi connectivity index (χ1v) is 4.58. The van der Waals surface area contributed by atoms with Gasteiger partial charge in [-0.25, -0.2) is 0 Å². The molecule has 0 aliphatic carbocycles. The Balaban J connectivity index is 2.58. The maximum Gasteiger partial charge on any atom is 0.0876 e. The SMILES string of the molecule is [N-]=[N+]=NC(CO)c1cccc2cc[nH]c12.